The van der Waals surface area contributed by atoms with Gasteiger partial charge in [0, 0.05) is 0 Å². The minimum Gasteiger partial charge on any atom is -0.394 e. The van der Waals surface area contributed by atoms with Gasteiger partial charge in [0.1, 0.15) is 36.5 Å². The number of aromatic nitrogens is 4. The van der Waals surface area contributed by atoms with Crippen LogP contribution in [0.5, 0.6) is 0 Å². The first-order valence-corrected chi connectivity index (χ1v) is 8.65. The fourth-order valence-corrected chi connectivity index (χ4v) is 2.91. The second-order valence-corrected chi connectivity index (χ2v) is 6.83. The molecular formula is C11H16N5O7P. The molecule has 0 amide bonds. The van der Waals surface area contributed by atoms with Crippen molar-refractivity contribution in [3.05, 3.63) is 12.7 Å². The number of aliphatic hydroxyl groups is 2. The van der Waals surface area contributed by atoms with Crippen LogP contribution in [0.3, 0.4) is 0 Å². The van der Waals surface area contributed by atoms with Gasteiger partial charge in [-0.1, -0.05) is 0 Å². The number of imidazole rings is 1. The monoisotopic (exact) mass is 361 g/mol. The molecule has 3 heterocycles. The van der Waals surface area contributed by atoms with Crippen molar-refractivity contribution in [2.45, 2.75) is 24.5 Å². The Morgan fingerprint density at radius 2 is 2.12 bits per heavy atom. The molecule has 1 aliphatic rings. The van der Waals surface area contributed by atoms with E-state index in [1.54, 1.807) is 0 Å². The first kappa shape index (κ1) is 17.2. The predicted molar refractivity (Wildman–Crippen MR) is 78.5 cm³/mol. The number of rotatable bonds is 5. The maximum Gasteiger partial charge on any atom is 0.350 e. The van der Waals surface area contributed by atoms with Crippen LogP contribution in [0, 0.1) is 0 Å². The molecule has 132 valence electrons. The smallest absolute Gasteiger partial charge is 0.350 e. The third-order valence-electron chi connectivity index (χ3n) is 3.59. The molecule has 1 saturated heterocycles. The third-order valence-corrected chi connectivity index (χ3v) is 4.07. The van der Waals surface area contributed by atoms with E-state index in [2.05, 4.69) is 15.0 Å². The van der Waals surface area contributed by atoms with Gasteiger partial charge in [-0.05, 0) is 0 Å². The number of nitrogens with zero attached hydrogens (tertiary/aromatic N) is 4. The van der Waals surface area contributed by atoms with Crippen LogP contribution in [-0.4, -0.2) is 70.8 Å². The number of nitrogens with two attached hydrogens (primary N) is 1. The summed E-state index contributed by atoms with van der Waals surface area (Å²) < 4.78 is 22.9. The van der Waals surface area contributed by atoms with E-state index in [4.69, 9.17) is 25.0 Å². The topological polar surface area (TPSA) is 186 Å². The molecule has 0 spiro atoms. The lowest BCUT2D eigenvalue weighted by Crippen LogP contribution is -2.36. The van der Waals surface area contributed by atoms with Gasteiger partial charge < -0.3 is 35.2 Å². The van der Waals surface area contributed by atoms with E-state index in [1.165, 1.54) is 17.2 Å². The van der Waals surface area contributed by atoms with Crippen LogP contribution < -0.4 is 5.73 Å². The molecule has 0 unspecified atom stereocenters. The van der Waals surface area contributed by atoms with E-state index in [9.17, 15) is 14.8 Å². The Morgan fingerprint density at radius 1 is 1.38 bits per heavy atom. The molecule has 1 fully saturated rings. The van der Waals surface area contributed by atoms with E-state index in [-0.39, 0.29) is 5.82 Å². The quantitative estimate of drug-likeness (QED) is 0.377. The first-order valence-electron chi connectivity index (χ1n) is 6.85. The summed E-state index contributed by atoms with van der Waals surface area (Å²) in [6, 6.07) is 0. The van der Waals surface area contributed by atoms with Crippen molar-refractivity contribution in [2.24, 2.45) is 0 Å². The van der Waals surface area contributed by atoms with Crippen LogP contribution in [-0.2, 0) is 14.0 Å². The molecule has 13 heteroatoms. The molecule has 0 saturated carbocycles. The van der Waals surface area contributed by atoms with Crippen molar-refractivity contribution in [1.82, 2.24) is 19.5 Å². The summed E-state index contributed by atoms with van der Waals surface area (Å²) in [5.41, 5.74) is 6.32. The lowest BCUT2D eigenvalue weighted by atomic mass is 10.1. The zero-order valence-corrected chi connectivity index (χ0v) is 13.1. The van der Waals surface area contributed by atoms with Crippen LogP contribution in [0.4, 0.5) is 5.82 Å². The molecule has 24 heavy (non-hydrogen) atoms. The average Bonchev–Trinajstić information content (AvgIpc) is 3.06. The molecule has 6 N–H and O–H groups in total. The third kappa shape index (κ3) is 3.13. The van der Waals surface area contributed by atoms with Gasteiger partial charge in [-0.3, -0.25) is 9.13 Å². The highest BCUT2D eigenvalue weighted by Crippen LogP contribution is 2.38. The molecule has 0 aliphatic carbocycles. The Morgan fingerprint density at radius 3 is 2.79 bits per heavy atom. The predicted octanol–water partition coefficient (Wildman–Crippen LogP) is -1.82. The molecule has 4 atom stereocenters. The molecule has 0 aromatic carbocycles. The van der Waals surface area contributed by atoms with Crippen molar-refractivity contribution < 1.29 is 34.0 Å². The zero-order valence-electron chi connectivity index (χ0n) is 12.2. The normalized spacial score (nSPS) is 27.8. The summed E-state index contributed by atoms with van der Waals surface area (Å²) in [5, 5.41) is 19.8. The maximum atomic E-state index is 11.0. The van der Waals surface area contributed by atoms with Crippen LogP contribution in [0.1, 0.15) is 6.23 Å². The fourth-order valence-electron chi connectivity index (χ4n) is 2.54. The van der Waals surface area contributed by atoms with Crippen LogP contribution in [0.15, 0.2) is 12.7 Å². The number of anilines is 1. The number of aliphatic hydroxyl groups excluding tert-OH is 2. The van der Waals surface area contributed by atoms with Crippen LogP contribution in [0.2, 0.25) is 0 Å². The highest BCUT2D eigenvalue weighted by Gasteiger charge is 2.46. The highest BCUT2D eigenvalue weighted by molar-refractivity contribution is 7.51. The molecule has 1 aliphatic heterocycles. The highest BCUT2D eigenvalue weighted by atomic mass is 31.2. The minimum absolute atomic E-state index is 0.152. The van der Waals surface area contributed by atoms with E-state index in [0.717, 1.165) is 0 Å². The lowest BCUT2D eigenvalue weighted by Gasteiger charge is -2.20. The van der Waals surface area contributed by atoms with E-state index < -0.39 is 45.1 Å². The Labute approximate surface area is 135 Å². The molecule has 0 bridgehead atoms. The summed E-state index contributed by atoms with van der Waals surface area (Å²) in [6.07, 6.45) is -2.80. The summed E-state index contributed by atoms with van der Waals surface area (Å²) >= 11 is 0. The second kappa shape index (κ2) is 6.33. The van der Waals surface area contributed by atoms with Crippen molar-refractivity contribution in [2.75, 3.05) is 18.7 Å². The summed E-state index contributed by atoms with van der Waals surface area (Å²) in [7, 11) is -4.43. The lowest BCUT2D eigenvalue weighted by molar-refractivity contribution is -0.0558. The van der Waals surface area contributed by atoms with Gasteiger partial charge in [0.2, 0.25) is 0 Å². The number of nitrogen functional groups attached to an aromatic ring is 1. The number of hydrogen-bond acceptors (Lipinski definition) is 9. The first-order chi connectivity index (χ1) is 11.3. The van der Waals surface area contributed by atoms with E-state index >= 15 is 0 Å². The van der Waals surface area contributed by atoms with Gasteiger partial charge in [-0.15, -0.1) is 0 Å². The minimum atomic E-state index is -4.43. The van der Waals surface area contributed by atoms with Crippen LogP contribution in [0.25, 0.3) is 11.2 Å². The largest absolute Gasteiger partial charge is 0.394 e. The van der Waals surface area contributed by atoms with Gasteiger partial charge in [0.15, 0.2) is 17.7 Å². The second-order valence-electron chi connectivity index (χ2n) is 5.25. The van der Waals surface area contributed by atoms with Gasteiger partial charge in [-0.25, -0.2) is 15.0 Å². The zero-order chi connectivity index (χ0) is 17.5. The maximum absolute atomic E-state index is 11.0. The molecule has 12 nitrogen and oxygen atoms in total. The van der Waals surface area contributed by atoms with Crippen molar-refractivity contribution in [1.29, 1.82) is 0 Å². The SMILES string of the molecule is Nc1ncnc2c1ncn2[C@@H]1O[C@@H](CO)[C@H](OCP(=O)(O)O)[C@H]1O. The van der Waals surface area contributed by atoms with Crippen molar-refractivity contribution >= 4 is 24.6 Å². The van der Waals surface area contributed by atoms with Gasteiger partial charge >= 0.3 is 7.60 Å². The Bertz CT molecular complexity index is 779. The summed E-state index contributed by atoms with van der Waals surface area (Å²) in [6.45, 7) is -0.511. The Hall–Kier alpha value is -1.66. The number of hydrogen-bond donors (Lipinski definition) is 5. The number of ether oxygens (including phenoxy) is 2. The summed E-state index contributed by atoms with van der Waals surface area (Å²) in [5.74, 6) is 0.152. The van der Waals surface area contributed by atoms with E-state index in [0.29, 0.717) is 11.2 Å². The van der Waals surface area contributed by atoms with Gasteiger partial charge in [0.25, 0.3) is 0 Å². The van der Waals surface area contributed by atoms with E-state index in [1.807, 2.05) is 0 Å². The molecular weight excluding hydrogens is 345 g/mol. The molecule has 0 radical (unpaired) electrons. The standard InChI is InChI=1S/C11H16N5O7P/c12-9-6-10(14-2-13-9)16(3-15-6)11-7(18)8(5(1-17)23-11)22-4-24(19,20)21/h2-3,5,7-8,11,17-18H,1,4H2,(H2,12,13,14)(H2,19,20,21)/t5-,7+,8-,11+/m0/s1. The molecule has 2 aromatic heterocycles. The molecule has 2 aromatic rings. The average molecular weight is 361 g/mol. The summed E-state index contributed by atoms with van der Waals surface area (Å²) in [4.78, 5) is 29.7. The van der Waals surface area contributed by atoms with Gasteiger partial charge in [-0.2, -0.15) is 0 Å². The Balaban J connectivity index is 1.88. The van der Waals surface area contributed by atoms with Crippen molar-refractivity contribution in [3.63, 3.8) is 0 Å². The fraction of sp³-hybridized carbons (Fsp3) is 0.545. The Kier molecular flexibility index (Phi) is 4.53. The van der Waals surface area contributed by atoms with Crippen LogP contribution >= 0.6 is 7.60 Å². The molecule has 3 rings (SSSR count). The van der Waals surface area contributed by atoms with Gasteiger partial charge in [0.05, 0.1) is 12.9 Å². The van der Waals surface area contributed by atoms with Crippen molar-refractivity contribution in [3.8, 4) is 0 Å². The number of fused-ring (bicyclic) bond motifs is 1.